The van der Waals surface area contributed by atoms with Crippen LogP contribution in [0.1, 0.15) is 30.7 Å². The molecule has 1 aromatic carbocycles. The van der Waals surface area contributed by atoms with Crippen molar-refractivity contribution in [2.75, 3.05) is 6.54 Å². The van der Waals surface area contributed by atoms with Crippen LogP contribution in [-0.4, -0.2) is 37.9 Å². The van der Waals surface area contributed by atoms with Gasteiger partial charge in [-0.25, -0.2) is 0 Å². The number of rotatable bonds is 5. The molecule has 0 bridgehead atoms. The zero-order valence-corrected chi connectivity index (χ0v) is 14.3. The van der Waals surface area contributed by atoms with Gasteiger partial charge in [-0.05, 0) is 41.2 Å². The minimum Gasteiger partial charge on any atom is -0.358 e. The molecule has 25 heavy (non-hydrogen) atoms. The van der Waals surface area contributed by atoms with E-state index in [1.54, 1.807) is 11.5 Å². The van der Waals surface area contributed by atoms with Crippen molar-refractivity contribution >= 4 is 11.7 Å². The van der Waals surface area contributed by atoms with Crippen LogP contribution in [0.3, 0.4) is 0 Å². The lowest BCUT2D eigenvalue weighted by Crippen LogP contribution is -2.46. The van der Waals surface area contributed by atoms with E-state index in [9.17, 15) is 14.9 Å². The third kappa shape index (κ3) is 4.04. The van der Waals surface area contributed by atoms with Crippen molar-refractivity contribution in [1.82, 2.24) is 14.5 Å². The third-order valence-corrected chi connectivity index (χ3v) is 4.72. The highest BCUT2D eigenvalue weighted by Gasteiger charge is 2.28. The maximum absolute atomic E-state index is 12.8. The van der Waals surface area contributed by atoms with Gasteiger partial charge in [0.05, 0.1) is 0 Å². The van der Waals surface area contributed by atoms with Crippen molar-refractivity contribution in [3.8, 4) is 0 Å². The van der Waals surface area contributed by atoms with E-state index in [2.05, 4.69) is 17.1 Å². The molecule has 1 amide bonds. The van der Waals surface area contributed by atoms with E-state index in [1.165, 1.54) is 11.8 Å². The first-order valence-corrected chi connectivity index (χ1v) is 8.56. The Morgan fingerprint density at radius 2 is 2.08 bits per heavy atom. The van der Waals surface area contributed by atoms with Crippen LogP contribution in [-0.2, 0) is 17.8 Å². The molecule has 132 valence electrons. The number of benzene rings is 1. The van der Waals surface area contributed by atoms with Gasteiger partial charge in [0.2, 0.25) is 11.7 Å². The van der Waals surface area contributed by atoms with Gasteiger partial charge < -0.3 is 15.0 Å². The molecular weight excluding hydrogens is 320 g/mol. The second-order valence-corrected chi connectivity index (χ2v) is 6.46. The molecule has 1 atom stereocenters. The number of amides is 1. The van der Waals surface area contributed by atoms with Gasteiger partial charge in [-0.2, -0.15) is 0 Å². The van der Waals surface area contributed by atoms with Crippen LogP contribution in [0.2, 0.25) is 0 Å². The summed E-state index contributed by atoms with van der Waals surface area (Å²) in [5.74, 6) is 0.262. The molecule has 0 aliphatic carbocycles. The summed E-state index contributed by atoms with van der Waals surface area (Å²) in [7, 11) is 0. The number of piperidine rings is 1. The molecule has 0 spiro atoms. The Morgan fingerprint density at radius 1 is 1.32 bits per heavy atom. The van der Waals surface area contributed by atoms with E-state index in [0.717, 1.165) is 32.2 Å². The first kappa shape index (κ1) is 17.1. The standard InChI is InChI=1S/C18H22N4O3/c1-14-19-17(22(24)25)12-20(14)13-18(23)21-10-6-5-9-16(21)11-15-7-3-2-4-8-15/h2-4,7-8,12,16H,5-6,9-11,13H2,1H3. The molecule has 1 unspecified atom stereocenters. The van der Waals surface area contributed by atoms with Gasteiger partial charge in [0.1, 0.15) is 12.7 Å². The lowest BCUT2D eigenvalue weighted by Gasteiger charge is -2.36. The number of nitro groups is 1. The number of hydrogen-bond acceptors (Lipinski definition) is 4. The third-order valence-electron chi connectivity index (χ3n) is 4.72. The number of aryl methyl sites for hydroxylation is 1. The number of carbonyl (C=O) groups is 1. The minimum absolute atomic E-state index is 0.00368. The maximum atomic E-state index is 12.8. The maximum Gasteiger partial charge on any atom is 0.381 e. The van der Waals surface area contributed by atoms with Crippen LogP contribution in [0.4, 0.5) is 5.82 Å². The van der Waals surface area contributed by atoms with Crippen molar-refractivity contribution in [2.24, 2.45) is 0 Å². The van der Waals surface area contributed by atoms with E-state index in [4.69, 9.17) is 0 Å². The Kier molecular flexibility index (Phi) is 5.11. The number of carbonyl (C=O) groups excluding carboxylic acids is 1. The summed E-state index contributed by atoms with van der Waals surface area (Å²) in [4.78, 5) is 28.9. The largest absolute Gasteiger partial charge is 0.381 e. The van der Waals surface area contributed by atoms with E-state index < -0.39 is 4.92 Å². The van der Waals surface area contributed by atoms with E-state index in [1.807, 2.05) is 23.1 Å². The second kappa shape index (κ2) is 7.46. The Morgan fingerprint density at radius 3 is 2.76 bits per heavy atom. The van der Waals surface area contributed by atoms with Crippen LogP contribution >= 0.6 is 0 Å². The molecule has 7 nitrogen and oxygen atoms in total. The highest BCUT2D eigenvalue weighted by Crippen LogP contribution is 2.22. The summed E-state index contributed by atoms with van der Waals surface area (Å²) in [5.41, 5.74) is 1.22. The number of nitrogens with zero attached hydrogens (tertiary/aromatic N) is 4. The Hall–Kier alpha value is -2.70. The molecule has 2 heterocycles. The smallest absolute Gasteiger partial charge is 0.358 e. The van der Waals surface area contributed by atoms with Crippen molar-refractivity contribution < 1.29 is 9.72 Å². The predicted octanol–water partition coefficient (Wildman–Crippen LogP) is 2.72. The lowest BCUT2D eigenvalue weighted by atomic mass is 9.95. The zero-order valence-electron chi connectivity index (χ0n) is 14.3. The van der Waals surface area contributed by atoms with Gasteiger partial charge in [0.25, 0.3) is 0 Å². The monoisotopic (exact) mass is 342 g/mol. The molecule has 0 saturated carbocycles. The molecule has 7 heteroatoms. The normalized spacial score (nSPS) is 17.5. The average Bonchev–Trinajstić information content (AvgIpc) is 2.97. The summed E-state index contributed by atoms with van der Waals surface area (Å²) in [6, 6.07) is 10.4. The van der Waals surface area contributed by atoms with Crippen LogP contribution in [0.15, 0.2) is 36.5 Å². The minimum atomic E-state index is -0.535. The van der Waals surface area contributed by atoms with Crippen molar-refractivity contribution in [2.45, 2.75) is 45.2 Å². The van der Waals surface area contributed by atoms with Gasteiger partial charge in [-0.3, -0.25) is 9.36 Å². The first-order valence-electron chi connectivity index (χ1n) is 8.56. The fourth-order valence-electron chi connectivity index (χ4n) is 3.40. The Labute approximate surface area is 146 Å². The van der Waals surface area contributed by atoms with Crippen LogP contribution in [0.5, 0.6) is 0 Å². The fourth-order valence-corrected chi connectivity index (χ4v) is 3.40. The SMILES string of the molecule is Cc1nc([N+](=O)[O-])cn1CC(=O)N1CCCCC1Cc1ccccc1. The summed E-state index contributed by atoms with van der Waals surface area (Å²) in [5, 5.41) is 10.8. The number of likely N-dealkylation sites (tertiary alicyclic amines) is 1. The topological polar surface area (TPSA) is 81.3 Å². The summed E-state index contributed by atoms with van der Waals surface area (Å²) < 4.78 is 1.56. The molecular formula is C18H22N4O3. The summed E-state index contributed by atoms with van der Waals surface area (Å²) in [6.07, 6.45) is 5.29. The molecule has 3 rings (SSSR count). The molecule has 0 radical (unpaired) electrons. The van der Waals surface area contributed by atoms with E-state index >= 15 is 0 Å². The van der Waals surface area contributed by atoms with Gasteiger partial charge in [0.15, 0.2) is 0 Å². The summed E-state index contributed by atoms with van der Waals surface area (Å²) in [6.45, 7) is 2.52. The van der Waals surface area contributed by atoms with Crippen LogP contribution < -0.4 is 0 Å². The van der Waals surface area contributed by atoms with Crippen molar-refractivity contribution in [1.29, 1.82) is 0 Å². The van der Waals surface area contributed by atoms with Gasteiger partial charge >= 0.3 is 5.82 Å². The lowest BCUT2D eigenvalue weighted by molar-refractivity contribution is -0.389. The Bertz CT molecular complexity index is 757. The molecule has 2 aromatic rings. The average molecular weight is 342 g/mol. The highest BCUT2D eigenvalue weighted by atomic mass is 16.6. The Balaban J connectivity index is 1.71. The predicted molar refractivity (Wildman–Crippen MR) is 93.1 cm³/mol. The zero-order chi connectivity index (χ0) is 17.8. The number of hydrogen-bond donors (Lipinski definition) is 0. The van der Waals surface area contributed by atoms with Gasteiger partial charge in [-0.1, -0.05) is 30.3 Å². The van der Waals surface area contributed by atoms with Crippen molar-refractivity contribution in [3.05, 3.63) is 58.0 Å². The molecule has 0 N–H and O–H groups in total. The van der Waals surface area contributed by atoms with Crippen LogP contribution in [0.25, 0.3) is 0 Å². The second-order valence-electron chi connectivity index (χ2n) is 6.46. The molecule has 1 aliphatic rings. The summed E-state index contributed by atoms with van der Waals surface area (Å²) >= 11 is 0. The fraction of sp³-hybridized carbons (Fsp3) is 0.444. The van der Waals surface area contributed by atoms with Gasteiger partial charge in [-0.15, -0.1) is 0 Å². The van der Waals surface area contributed by atoms with Crippen molar-refractivity contribution in [3.63, 3.8) is 0 Å². The number of imidazole rings is 1. The highest BCUT2D eigenvalue weighted by molar-refractivity contribution is 5.76. The van der Waals surface area contributed by atoms with Crippen LogP contribution in [0, 0.1) is 17.0 Å². The quantitative estimate of drug-likeness (QED) is 0.618. The van der Waals surface area contributed by atoms with E-state index in [-0.39, 0.29) is 24.3 Å². The van der Waals surface area contributed by atoms with Gasteiger partial charge in [0, 0.05) is 19.5 Å². The molecule has 1 saturated heterocycles. The molecule has 1 aliphatic heterocycles. The van der Waals surface area contributed by atoms with E-state index in [0.29, 0.717) is 5.82 Å². The first-order chi connectivity index (χ1) is 12.0. The molecule has 1 fully saturated rings. The molecule has 1 aromatic heterocycles. The number of aromatic nitrogens is 2.